The molecular formula is C10H14N2O2S. The number of anilines is 1. The van der Waals surface area contributed by atoms with E-state index in [2.05, 4.69) is 10.3 Å². The summed E-state index contributed by atoms with van der Waals surface area (Å²) in [5.74, 6) is 1.40. The largest absolute Gasteiger partial charge is 0.396 e. The van der Waals surface area contributed by atoms with Gasteiger partial charge in [0.05, 0.1) is 12.4 Å². The number of rotatable bonds is 5. The van der Waals surface area contributed by atoms with Crippen LogP contribution in [0.15, 0.2) is 18.2 Å². The number of nitrogens with zero attached hydrogens (tertiary/aromatic N) is 1. The predicted octanol–water partition coefficient (Wildman–Crippen LogP) is 1.05. The zero-order chi connectivity index (χ0) is 11.1. The van der Waals surface area contributed by atoms with E-state index >= 15 is 0 Å². The Balaban J connectivity index is 2.37. The summed E-state index contributed by atoms with van der Waals surface area (Å²) in [7, 11) is 0. The average molecular weight is 226 g/mol. The third-order valence-electron chi connectivity index (χ3n) is 1.62. The number of hydrogen-bond donors (Lipinski definition) is 2. The van der Waals surface area contributed by atoms with E-state index in [0.717, 1.165) is 5.69 Å². The van der Waals surface area contributed by atoms with Crippen molar-refractivity contribution in [2.24, 2.45) is 0 Å². The summed E-state index contributed by atoms with van der Waals surface area (Å²) in [6, 6.07) is 5.47. The van der Waals surface area contributed by atoms with Crippen molar-refractivity contribution < 1.29 is 9.90 Å². The molecular weight excluding hydrogens is 212 g/mol. The number of hydrogen-bond acceptors (Lipinski definition) is 4. The number of carbonyl (C=O) groups is 1. The summed E-state index contributed by atoms with van der Waals surface area (Å²) < 4.78 is 0. The Labute approximate surface area is 93.1 Å². The molecule has 0 unspecified atom stereocenters. The molecule has 0 bridgehead atoms. The van der Waals surface area contributed by atoms with Crippen LogP contribution in [0.5, 0.6) is 0 Å². The van der Waals surface area contributed by atoms with Gasteiger partial charge in [0.1, 0.15) is 5.82 Å². The van der Waals surface area contributed by atoms with E-state index in [1.165, 1.54) is 11.8 Å². The fraction of sp³-hybridized carbons (Fsp3) is 0.400. The van der Waals surface area contributed by atoms with Crippen LogP contribution in [0, 0.1) is 6.92 Å². The minimum Gasteiger partial charge on any atom is -0.396 e. The minimum atomic E-state index is -0.0912. The Bertz CT molecular complexity index is 331. The van der Waals surface area contributed by atoms with E-state index in [-0.39, 0.29) is 12.5 Å². The smallest absolute Gasteiger partial charge is 0.235 e. The van der Waals surface area contributed by atoms with Crippen LogP contribution in [0.4, 0.5) is 5.82 Å². The lowest BCUT2D eigenvalue weighted by Crippen LogP contribution is -2.15. The normalized spacial score (nSPS) is 10.0. The van der Waals surface area contributed by atoms with Crippen molar-refractivity contribution in [1.29, 1.82) is 0 Å². The van der Waals surface area contributed by atoms with Crippen molar-refractivity contribution in [3.8, 4) is 0 Å². The van der Waals surface area contributed by atoms with Gasteiger partial charge in [-0.1, -0.05) is 6.07 Å². The SMILES string of the molecule is Cc1cccc(NC(=O)CSCCO)n1. The number of carbonyl (C=O) groups excluding carboxylic acids is 1. The van der Waals surface area contributed by atoms with Gasteiger partial charge in [-0.15, -0.1) is 11.8 Å². The number of aromatic nitrogens is 1. The molecule has 0 aliphatic rings. The van der Waals surface area contributed by atoms with Crippen LogP contribution in [-0.2, 0) is 4.79 Å². The number of aliphatic hydroxyl groups excluding tert-OH is 1. The van der Waals surface area contributed by atoms with E-state index < -0.39 is 0 Å². The first-order valence-electron chi connectivity index (χ1n) is 4.64. The maximum absolute atomic E-state index is 11.3. The van der Waals surface area contributed by atoms with Crippen molar-refractivity contribution in [3.63, 3.8) is 0 Å². The van der Waals surface area contributed by atoms with Gasteiger partial charge in [0.2, 0.25) is 5.91 Å². The number of aryl methyl sites for hydroxylation is 1. The fourth-order valence-corrected chi connectivity index (χ4v) is 1.55. The summed E-state index contributed by atoms with van der Waals surface area (Å²) in [6.45, 7) is 1.97. The number of amides is 1. The second-order valence-electron chi connectivity index (χ2n) is 2.99. The topological polar surface area (TPSA) is 62.2 Å². The first-order chi connectivity index (χ1) is 7.22. The molecule has 1 amide bonds. The summed E-state index contributed by atoms with van der Waals surface area (Å²) in [5, 5.41) is 11.2. The molecule has 1 heterocycles. The maximum atomic E-state index is 11.3. The van der Waals surface area contributed by atoms with Gasteiger partial charge in [-0.05, 0) is 19.1 Å². The highest BCUT2D eigenvalue weighted by atomic mass is 32.2. The lowest BCUT2D eigenvalue weighted by atomic mass is 10.4. The number of thioether (sulfide) groups is 1. The van der Waals surface area contributed by atoms with E-state index in [1.807, 2.05) is 19.1 Å². The lowest BCUT2D eigenvalue weighted by Gasteiger charge is -2.04. The Kier molecular flexibility index (Phi) is 5.14. The quantitative estimate of drug-likeness (QED) is 0.737. The van der Waals surface area contributed by atoms with Crippen LogP contribution in [-0.4, -0.2) is 34.1 Å². The molecule has 1 rings (SSSR count). The standard InChI is InChI=1S/C10H14N2O2S/c1-8-3-2-4-9(11-8)12-10(14)7-15-6-5-13/h2-4,13H,5-7H2,1H3,(H,11,12,14). The van der Waals surface area contributed by atoms with Gasteiger partial charge in [-0.3, -0.25) is 4.79 Å². The molecule has 82 valence electrons. The highest BCUT2D eigenvalue weighted by Gasteiger charge is 2.02. The van der Waals surface area contributed by atoms with Crippen LogP contribution >= 0.6 is 11.8 Å². The van der Waals surface area contributed by atoms with Crippen LogP contribution in [0.2, 0.25) is 0 Å². The summed E-state index contributed by atoms with van der Waals surface area (Å²) in [5.41, 5.74) is 0.871. The zero-order valence-corrected chi connectivity index (χ0v) is 9.38. The molecule has 0 saturated heterocycles. The van der Waals surface area contributed by atoms with Crippen LogP contribution in [0.3, 0.4) is 0 Å². The minimum absolute atomic E-state index is 0.0912. The van der Waals surface area contributed by atoms with Gasteiger partial charge in [0, 0.05) is 11.4 Å². The van der Waals surface area contributed by atoms with Gasteiger partial charge in [-0.25, -0.2) is 4.98 Å². The molecule has 0 fully saturated rings. The molecule has 1 aromatic heterocycles. The van der Waals surface area contributed by atoms with E-state index in [0.29, 0.717) is 17.3 Å². The molecule has 15 heavy (non-hydrogen) atoms. The van der Waals surface area contributed by atoms with Crippen molar-refractivity contribution in [3.05, 3.63) is 23.9 Å². The molecule has 2 N–H and O–H groups in total. The Morgan fingerprint density at radius 3 is 3.07 bits per heavy atom. The van der Waals surface area contributed by atoms with Gasteiger partial charge >= 0.3 is 0 Å². The average Bonchev–Trinajstić information content (AvgIpc) is 2.18. The van der Waals surface area contributed by atoms with Crippen molar-refractivity contribution in [1.82, 2.24) is 4.98 Å². The monoisotopic (exact) mass is 226 g/mol. The molecule has 5 heteroatoms. The second kappa shape index (κ2) is 6.42. The number of aliphatic hydroxyl groups is 1. The highest BCUT2D eigenvalue weighted by molar-refractivity contribution is 7.99. The molecule has 0 spiro atoms. The van der Waals surface area contributed by atoms with Gasteiger partial charge in [-0.2, -0.15) is 0 Å². The summed E-state index contributed by atoms with van der Waals surface area (Å²) >= 11 is 1.39. The molecule has 1 aromatic rings. The number of pyridine rings is 1. The second-order valence-corrected chi connectivity index (χ2v) is 4.09. The third-order valence-corrected chi connectivity index (χ3v) is 2.56. The first-order valence-corrected chi connectivity index (χ1v) is 5.80. The van der Waals surface area contributed by atoms with E-state index in [4.69, 9.17) is 5.11 Å². The number of nitrogens with one attached hydrogen (secondary N) is 1. The molecule has 4 nitrogen and oxygen atoms in total. The molecule has 0 radical (unpaired) electrons. The van der Waals surface area contributed by atoms with E-state index in [9.17, 15) is 4.79 Å². The van der Waals surface area contributed by atoms with Gasteiger partial charge < -0.3 is 10.4 Å². The van der Waals surface area contributed by atoms with Crippen molar-refractivity contribution in [2.75, 3.05) is 23.4 Å². The fourth-order valence-electron chi connectivity index (χ4n) is 1.02. The third kappa shape index (κ3) is 4.80. The molecule has 0 aliphatic carbocycles. The molecule has 0 aliphatic heterocycles. The first kappa shape index (κ1) is 12.0. The van der Waals surface area contributed by atoms with Crippen LogP contribution in [0.25, 0.3) is 0 Å². The summed E-state index contributed by atoms with van der Waals surface area (Å²) in [4.78, 5) is 15.5. The summed E-state index contributed by atoms with van der Waals surface area (Å²) in [6.07, 6.45) is 0. The van der Waals surface area contributed by atoms with Crippen LogP contribution in [0.1, 0.15) is 5.69 Å². The Morgan fingerprint density at radius 1 is 1.60 bits per heavy atom. The highest BCUT2D eigenvalue weighted by Crippen LogP contribution is 2.05. The maximum Gasteiger partial charge on any atom is 0.235 e. The Morgan fingerprint density at radius 2 is 2.40 bits per heavy atom. The van der Waals surface area contributed by atoms with Crippen molar-refractivity contribution in [2.45, 2.75) is 6.92 Å². The molecule has 0 atom stereocenters. The van der Waals surface area contributed by atoms with Gasteiger partial charge in [0.25, 0.3) is 0 Å². The van der Waals surface area contributed by atoms with Crippen molar-refractivity contribution >= 4 is 23.5 Å². The van der Waals surface area contributed by atoms with Gasteiger partial charge in [0.15, 0.2) is 0 Å². The predicted molar refractivity (Wildman–Crippen MR) is 62.0 cm³/mol. The van der Waals surface area contributed by atoms with E-state index in [1.54, 1.807) is 6.07 Å². The molecule has 0 aromatic carbocycles. The molecule has 0 saturated carbocycles. The van der Waals surface area contributed by atoms with Crippen LogP contribution < -0.4 is 5.32 Å². The lowest BCUT2D eigenvalue weighted by molar-refractivity contribution is -0.113. The Hall–Kier alpha value is -1.07. The zero-order valence-electron chi connectivity index (χ0n) is 8.56.